The van der Waals surface area contributed by atoms with Crippen LogP contribution in [0.4, 0.5) is 0 Å². The fraction of sp³-hybridized carbons (Fsp3) is 0. The molecule has 0 radical (unpaired) electrons. The Labute approximate surface area is 358 Å². The summed E-state index contributed by atoms with van der Waals surface area (Å²) in [7, 11) is 0. The maximum Gasteiger partial charge on any atom is 0.160 e. The topological polar surface area (TPSA) is 52.1 Å². The number of hydrogen-bond donors (Lipinski definition) is 0. The van der Waals surface area contributed by atoms with Crippen molar-refractivity contribution in [2.24, 2.45) is 0 Å². The normalized spacial score (nSPS) is 11.5. The van der Waals surface area contributed by atoms with Gasteiger partial charge in [0.2, 0.25) is 0 Å². The number of furan rings is 2. The minimum absolute atomic E-state index is 0.671. The highest BCUT2D eigenvalue weighted by atomic mass is 16.3. The highest BCUT2D eigenvalue weighted by Gasteiger charge is 2.18. The molecule has 62 heavy (non-hydrogen) atoms. The summed E-state index contributed by atoms with van der Waals surface area (Å²) in [6.45, 7) is 0. The molecule has 12 aromatic rings. The minimum atomic E-state index is 0.671. The average Bonchev–Trinajstić information content (AvgIpc) is 3.92. The molecular formula is C58H36N2O2. The van der Waals surface area contributed by atoms with Crippen molar-refractivity contribution < 1.29 is 8.83 Å². The van der Waals surface area contributed by atoms with Crippen molar-refractivity contribution >= 4 is 43.9 Å². The molecule has 0 spiro atoms. The van der Waals surface area contributed by atoms with Gasteiger partial charge in [-0.2, -0.15) is 0 Å². The molecule has 0 atom stereocenters. The van der Waals surface area contributed by atoms with Gasteiger partial charge >= 0.3 is 0 Å². The molecule has 0 unspecified atom stereocenters. The lowest BCUT2D eigenvalue weighted by Crippen LogP contribution is -1.97. The molecule has 0 aliphatic carbocycles. The molecule has 3 aromatic heterocycles. The lowest BCUT2D eigenvalue weighted by molar-refractivity contribution is 0.668. The summed E-state index contributed by atoms with van der Waals surface area (Å²) in [5, 5.41) is 4.39. The summed E-state index contributed by atoms with van der Waals surface area (Å²) in [5.41, 5.74) is 17.1. The Balaban J connectivity index is 1.06. The van der Waals surface area contributed by atoms with E-state index in [2.05, 4.69) is 170 Å². The smallest absolute Gasteiger partial charge is 0.160 e. The first-order valence-corrected chi connectivity index (χ1v) is 20.9. The number of rotatable bonds is 7. The molecule has 0 saturated carbocycles. The number of nitrogens with zero attached hydrogens (tertiary/aromatic N) is 2. The predicted octanol–water partition coefficient (Wildman–Crippen LogP) is 15.9. The summed E-state index contributed by atoms with van der Waals surface area (Å²) in [5.74, 6) is 0.671. The first kappa shape index (κ1) is 35.6. The van der Waals surface area contributed by atoms with Crippen LogP contribution in [0.5, 0.6) is 0 Å². The van der Waals surface area contributed by atoms with Crippen LogP contribution in [0.3, 0.4) is 0 Å². The van der Waals surface area contributed by atoms with Gasteiger partial charge in [-0.1, -0.05) is 158 Å². The van der Waals surface area contributed by atoms with Gasteiger partial charge in [0, 0.05) is 38.2 Å². The van der Waals surface area contributed by atoms with Crippen LogP contribution in [-0.4, -0.2) is 9.97 Å². The number of fused-ring (bicyclic) bond motifs is 6. The third kappa shape index (κ3) is 6.34. The Morgan fingerprint density at radius 1 is 0.242 bits per heavy atom. The van der Waals surface area contributed by atoms with Crippen LogP contribution in [0.25, 0.3) is 122 Å². The van der Waals surface area contributed by atoms with Gasteiger partial charge in [0.05, 0.1) is 11.4 Å². The van der Waals surface area contributed by atoms with Gasteiger partial charge in [-0.05, 0) is 105 Å². The second-order valence-corrected chi connectivity index (χ2v) is 15.7. The molecule has 3 heterocycles. The van der Waals surface area contributed by atoms with Gasteiger partial charge in [0.1, 0.15) is 22.3 Å². The molecular weight excluding hydrogens is 757 g/mol. The number of hydrogen-bond acceptors (Lipinski definition) is 4. The second kappa shape index (κ2) is 14.7. The van der Waals surface area contributed by atoms with Crippen LogP contribution in [0.2, 0.25) is 0 Å². The van der Waals surface area contributed by atoms with Gasteiger partial charge in [-0.3, -0.25) is 0 Å². The van der Waals surface area contributed by atoms with Crippen LogP contribution in [-0.2, 0) is 0 Å². The number of aromatic nitrogens is 2. The van der Waals surface area contributed by atoms with Gasteiger partial charge in [-0.25, -0.2) is 9.97 Å². The molecule has 9 aromatic carbocycles. The fourth-order valence-corrected chi connectivity index (χ4v) is 8.81. The van der Waals surface area contributed by atoms with E-state index in [1.54, 1.807) is 0 Å². The van der Waals surface area contributed by atoms with E-state index in [0.29, 0.717) is 5.82 Å². The van der Waals surface area contributed by atoms with Crippen molar-refractivity contribution in [3.63, 3.8) is 0 Å². The summed E-state index contributed by atoms with van der Waals surface area (Å²) >= 11 is 0. The molecule has 0 N–H and O–H groups in total. The van der Waals surface area contributed by atoms with Crippen molar-refractivity contribution in [3.8, 4) is 78.4 Å². The number of para-hydroxylation sites is 2. The molecule has 0 aliphatic rings. The molecule has 4 heteroatoms. The SMILES string of the molecule is c1ccc(-c2ccc(-c3cc(-c4cc(-c5ccc6oc7ccccc7c6c5)cc(-c5ccccc5-c5ccc6oc7ccccc7c6c5)c4)nc(-c4ccccc4)n3)cc2)cc1. The summed E-state index contributed by atoms with van der Waals surface area (Å²) < 4.78 is 12.5. The standard InChI is InChI=1S/C58H36N2O2/c1-3-13-37(14-4-1)38-23-25-39(26-24-38)52-36-53(60-58(59-52)40-15-5-2-6-16-40)45-32-43(41-27-29-56-50(34-41)48-19-9-11-21-54(48)61-56)31-44(33-45)47-18-8-7-17-46(47)42-28-30-57-51(35-42)49-20-10-12-22-55(49)62-57/h1-36H. The maximum atomic E-state index is 6.26. The largest absolute Gasteiger partial charge is 0.456 e. The molecule has 290 valence electrons. The van der Waals surface area contributed by atoms with Crippen LogP contribution in [0, 0.1) is 0 Å². The van der Waals surface area contributed by atoms with E-state index in [0.717, 1.165) is 111 Å². The minimum Gasteiger partial charge on any atom is -0.456 e. The maximum absolute atomic E-state index is 6.26. The second-order valence-electron chi connectivity index (χ2n) is 15.7. The van der Waals surface area contributed by atoms with Gasteiger partial charge < -0.3 is 8.83 Å². The Morgan fingerprint density at radius 2 is 0.677 bits per heavy atom. The van der Waals surface area contributed by atoms with Crippen molar-refractivity contribution in [1.29, 1.82) is 0 Å². The fourth-order valence-electron chi connectivity index (χ4n) is 8.81. The van der Waals surface area contributed by atoms with E-state index in [9.17, 15) is 0 Å². The van der Waals surface area contributed by atoms with Crippen LogP contribution in [0.15, 0.2) is 227 Å². The molecule has 0 amide bonds. The summed E-state index contributed by atoms with van der Waals surface area (Å²) in [6, 6.07) is 76.5. The van der Waals surface area contributed by atoms with Crippen molar-refractivity contribution in [2.45, 2.75) is 0 Å². The van der Waals surface area contributed by atoms with E-state index < -0.39 is 0 Å². The number of benzene rings is 9. The van der Waals surface area contributed by atoms with E-state index in [1.807, 2.05) is 48.5 Å². The predicted molar refractivity (Wildman–Crippen MR) is 255 cm³/mol. The lowest BCUT2D eigenvalue weighted by Gasteiger charge is -2.15. The van der Waals surface area contributed by atoms with E-state index in [-0.39, 0.29) is 0 Å². The molecule has 4 nitrogen and oxygen atoms in total. The van der Waals surface area contributed by atoms with Crippen molar-refractivity contribution in [1.82, 2.24) is 9.97 Å². The molecule has 0 saturated heterocycles. The van der Waals surface area contributed by atoms with Crippen LogP contribution >= 0.6 is 0 Å². The van der Waals surface area contributed by atoms with Gasteiger partial charge in [0.15, 0.2) is 5.82 Å². The van der Waals surface area contributed by atoms with Crippen LogP contribution in [0.1, 0.15) is 0 Å². The highest BCUT2D eigenvalue weighted by Crippen LogP contribution is 2.41. The summed E-state index contributed by atoms with van der Waals surface area (Å²) in [4.78, 5) is 10.5. The third-order valence-electron chi connectivity index (χ3n) is 11.9. The molecule has 0 aliphatic heterocycles. The molecule has 12 rings (SSSR count). The molecule has 0 fully saturated rings. The van der Waals surface area contributed by atoms with Crippen molar-refractivity contribution in [2.75, 3.05) is 0 Å². The average molecular weight is 793 g/mol. The quantitative estimate of drug-likeness (QED) is 0.161. The first-order chi connectivity index (χ1) is 30.7. The van der Waals surface area contributed by atoms with E-state index in [1.165, 1.54) is 5.56 Å². The van der Waals surface area contributed by atoms with E-state index in [4.69, 9.17) is 18.8 Å². The zero-order valence-electron chi connectivity index (χ0n) is 33.5. The lowest BCUT2D eigenvalue weighted by atomic mass is 9.89. The van der Waals surface area contributed by atoms with Crippen LogP contribution < -0.4 is 0 Å². The van der Waals surface area contributed by atoms with Gasteiger partial charge in [0.25, 0.3) is 0 Å². The zero-order valence-corrected chi connectivity index (χ0v) is 33.5. The van der Waals surface area contributed by atoms with Gasteiger partial charge in [-0.15, -0.1) is 0 Å². The monoisotopic (exact) mass is 792 g/mol. The first-order valence-electron chi connectivity index (χ1n) is 20.9. The zero-order chi connectivity index (χ0) is 41.0. The Morgan fingerprint density at radius 3 is 1.34 bits per heavy atom. The van der Waals surface area contributed by atoms with E-state index >= 15 is 0 Å². The van der Waals surface area contributed by atoms with Crippen molar-refractivity contribution in [3.05, 3.63) is 218 Å². The summed E-state index contributed by atoms with van der Waals surface area (Å²) in [6.07, 6.45) is 0. The highest BCUT2D eigenvalue weighted by molar-refractivity contribution is 6.08. The third-order valence-corrected chi connectivity index (χ3v) is 11.9. The Bertz CT molecular complexity index is 3620. The Kier molecular flexibility index (Phi) is 8.46. The Hall–Kier alpha value is -8.34. The molecule has 0 bridgehead atoms.